The minimum atomic E-state index is -0.951. The highest BCUT2D eigenvalue weighted by Gasteiger charge is 2.35. The maximum atomic E-state index is 12.2. The Morgan fingerprint density at radius 1 is 1.38 bits per heavy atom. The number of pyridine rings is 1. The highest BCUT2D eigenvalue weighted by molar-refractivity contribution is 9.10. The van der Waals surface area contributed by atoms with E-state index in [9.17, 15) is 14.7 Å². The molecule has 2 heterocycles. The van der Waals surface area contributed by atoms with Gasteiger partial charge in [0.15, 0.2) is 0 Å². The standard InChI is InChI=1S/C16H22BrN3O4/c1-16(2,3)24-15(23)20-7-6-19(12(10-20)14(21)22)9-11-4-5-13(17)18-8-11/h4-5,8,12H,6-7,9-10H2,1-3H3,(H,21,22). The van der Waals surface area contributed by atoms with Crippen LogP contribution in [0.1, 0.15) is 26.3 Å². The van der Waals surface area contributed by atoms with Crippen molar-refractivity contribution in [2.75, 3.05) is 19.6 Å². The van der Waals surface area contributed by atoms with E-state index in [0.29, 0.717) is 19.6 Å². The van der Waals surface area contributed by atoms with E-state index in [2.05, 4.69) is 20.9 Å². The van der Waals surface area contributed by atoms with E-state index in [0.717, 1.165) is 10.2 Å². The number of carboxylic acids is 1. The second-order valence-corrected chi connectivity index (χ2v) is 7.55. The first-order valence-electron chi connectivity index (χ1n) is 7.71. The molecule has 8 heteroatoms. The van der Waals surface area contributed by atoms with Gasteiger partial charge in [0.2, 0.25) is 0 Å². The topological polar surface area (TPSA) is 83.0 Å². The number of halogens is 1. The van der Waals surface area contributed by atoms with E-state index in [-0.39, 0.29) is 6.54 Å². The fourth-order valence-corrected chi connectivity index (χ4v) is 2.71. The lowest BCUT2D eigenvalue weighted by Gasteiger charge is -2.39. The van der Waals surface area contributed by atoms with Crippen LogP contribution in [0.25, 0.3) is 0 Å². The van der Waals surface area contributed by atoms with Crippen molar-refractivity contribution in [3.8, 4) is 0 Å². The molecule has 7 nitrogen and oxygen atoms in total. The van der Waals surface area contributed by atoms with Gasteiger partial charge in [-0.3, -0.25) is 9.69 Å². The molecular formula is C16H22BrN3O4. The van der Waals surface area contributed by atoms with Crippen molar-refractivity contribution in [3.63, 3.8) is 0 Å². The molecule has 1 aromatic heterocycles. The van der Waals surface area contributed by atoms with Gasteiger partial charge in [0.1, 0.15) is 16.2 Å². The van der Waals surface area contributed by atoms with Gasteiger partial charge < -0.3 is 14.7 Å². The van der Waals surface area contributed by atoms with Gasteiger partial charge in [-0.2, -0.15) is 0 Å². The molecule has 2 rings (SSSR count). The summed E-state index contributed by atoms with van der Waals surface area (Å²) in [6.45, 7) is 6.84. The van der Waals surface area contributed by atoms with Crippen LogP contribution in [0.4, 0.5) is 4.79 Å². The SMILES string of the molecule is CC(C)(C)OC(=O)N1CCN(Cc2ccc(Br)nc2)C(C(=O)O)C1. The molecule has 0 aliphatic carbocycles. The van der Waals surface area contributed by atoms with E-state index in [1.54, 1.807) is 27.0 Å². The Kier molecular flexibility index (Phi) is 5.82. The van der Waals surface area contributed by atoms with Crippen LogP contribution in [-0.4, -0.2) is 63.2 Å². The van der Waals surface area contributed by atoms with Gasteiger partial charge in [-0.05, 0) is 48.3 Å². The highest BCUT2D eigenvalue weighted by Crippen LogP contribution is 2.18. The summed E-state index contributed by atoms with van der Waals surface area (Å²) in [4.78, 5) is 31.2. The molecule has 1 aromatic rings. The van der Waals surface area contributed by atoms with Crippen molar-refractivity contribution in [3.05, 3.63) is 28.5 Å². The van der Waals surface area contributed by atoms with Crippen LogP contribution >= 0.6 is 15.9 Å². The number of amides is 1. The summed E-state index contributed by atoms with van der Waals surface area (Å²) in [5.41, 5.74) is 0.325. The third kappa shape index (κ3) is 5.17. The number of aromatic nitrogens is 1. The molecule has 24 heavy (non-hydrogen) atoms. The van der Waals surface area contributed by atoms with Gasteiger partial charge in [0, 0.05) is 25.8 Å². The molecule has 1 unspecified atom stereocenters. The quantitative estimate of drug-likeness (QED) is 0.785. The summed E-state index contributed by atoms with van der Waals surface area (Å²) in [5, 5.41) is 9.52. The first-order valence-corrected chi connectivity index (χ1v) is 8.50. The van der Waals surface area contributed by atoms with Crippen LogP contribution in [0.5, 0.6) is 0 Å². The zero-order valence-corrected chi connectivity index (χ0v) is 15.6. The third-order valence-electron chi connectivity index (χ3n) is 3.60. The van der Waals surface area contributed by atoms with Crippen LogP contribution in [0.15, 0.2) is 22.9 Å². The summed E-state index contributed by atoms with van der Waals surface area (Å²) in [6.07, 6.45) is 1.24. The maximum Gasteiger partial charge on any atom is 0.410 e. The number of ether oxygens (including phenoxy) is 1. The monoisotopic (exact) mass is 399 g/mol. The summed E-state index contributed by atoms with van der Waals surface area (Å²) >= 11 is 3.28. The molecule has 1 aliphatic rings. The molecule has 132 valence electrons. The van der Waals surface area contributed by atoms with Crippen molar-refractivity contribution in [2.24, 2.45) is 0 Å². The van der Waals surface area contributed by atoms with Gasteiger partial charge in [0.05, 0.1) is 6.54 Å². The summed E-state index contributed by atoms with van der Waals surface area (Å²) in [5.74, 6) is -0.951. The zero-order valence-electron chi connectivity index (χ0n) is 14.0. The molecule has 0 saturated carbocycles. The van der Waals surface area contributed by atoms with E-state index >= 15 is 0 Å². The number of piperazine rings is 1. The first-order chi connectivity index (χ1) is 11.2. The second kappa shape index (κ2) is 7.48. The molecule has 1 aliphatic heterocycles. The van der Waals surface area contributed by atoms with E-state index in [1.165, 1.54) is 4.90 Å². The van der Waals surface area contributed by atoms with Gasteiger partial charge >= 0.3 is 12.1 Å². The zero-order chi connectivity index (χ0) is 17.9. The van der Waals surface area contributed by atoms with Crippen LogP contribution < -0.4 is 0 Å². The first kappa shape index (κ1) is 18.7. The van der Waals surface area contributed by atoms with Crippen LogP contribution in [-0.2, 0) is 16.1 Å². The van der Waals surface area contributed by atoms with Crippen LogP contribution in [0.3, 0.4) is 0 Å². The Labute approximate surface area is 149 Å². The molecule has 0 radical (unpaired) electrons. The lowest BCUT2D eigenvalue weighted by molar-refractivity contribution is -0.145. The Balaban J connectivity index is 2.04. The molecule has 1 fully saturated rings. The van der Waals surface area contributed by atoms with Gasteiger partial charge in [-0.15, -0.1) is 0 Å². The van der Waals surface area contributed by atoms with Crippen molar-refractivity contribution in [1.29, 1.82) is 0 Å². The smallest absolute Gasteiger partial charge is 0.410 e. The van der Waals surface area contributed by atoms with Gasteiger partial charge in [-0.1, -0.05) is 6.07 Å². The number of carbonyl (C=O) groups excluding carboxylic acids is 1. The predicted molar refractivity (Wildman–Crippen MR) is 91.6 cm³/mol. The van der Waals surface area contributed by atoms with Crippen LogP contribution in [0.2, 0.25) is 0 Å². The number of carboxylic acid groups (broad SMARTS) is 1. The van der Waals surface area contributed by atoms with Gasteiger partial charge in [-0.25, -0.2) is 9.78 Å². The lowest BCUT2D eigenvalue weighted by atomic mass is 10.1. The highest BCUT2D eigenvalue weighted by atomic mass is 79.9. The number of carbonyl (C=O) groups is 2. The molecule has 0 bridgehead atoms. The van der Waals surface area contributed by atoms with Gasteiger partial charge in [0.25, 0.3) is 0 Å². The van der Waals surface area contributed by atoms with Crippen molar-refractivity contribution in [2.45, 2.75) is 39.0 Å². The predicted octanol–water partition coefficient (Wildman–Crippen LogP) is 2.35. The molecule has 1 atom stereocenters. The Morgan fingerprint density at radius 3 is 2.62 bits per heavy atom. The van der Waals surface area contributed by atoms with E-state index in [1.807, 2.05) is 17.0 Å². The van der Waals surface area contributed by atoms with Crippen molar-refractivity contribution in [1.82, 2.24) is 14.8 Å². The average molecular weight is 400 g/mol. The summed E-state index contributed by atoms with van der Waals surface area (Å²) in [7, 11) is 0. The normalized spacial score (nSPS) is 19.2. The molecule has 1 amide bonds. The molecule has 0 spiro atoms. The molecule has 0 aromatic carbocycles. The Bertz CT molecular complexity index is 600. The van der Waals surface area contributed by atoms with Crippen molar-refractivity contribution >= 4 is 28.0 Å². The molecule has 1 saturated heterocycles. The number of hydrogen-bond acceptors (Lipinski definition) is 5. The average Bonchev–Trinajstić information content (AvgIpc) is 2.48. The number of hydrogen-bond donors (Lipinski definition) is 1. The van der Waals surface area contributed by atoms with E-state index in [4.69, 9.17) is 4.74 Å². The van der Waals surface area contributed by atoms with Crippen molar-refractivity contribution < 1.29 is 19.4 Å². The number of rotatable bonds is 3. The lowest BCUT2D eigenvalue weighted by Crippen LogP contribution is -2.57. The minimum Gasteiger partial charge on any atom is -0.480 e. The fourth-order valence-electron chi connectivity index (χ4n) is 2.47. The van der Waals surface area contributed by atoms with Crippen LogP contribution in [0, 0.1) is 0 Å². The largest absolute Gasteiger partial charge is 0.480 e. The number of aliphatic carboxylic acids is 1. The molecule has 1 N–H and O–H groups in total. The third-order valence-corrected chi connectivity index (χ3v) is 4.07. The minimum absolute atomic E-state index is 0.105. The summed E-state index contributed by atoms with van der Waals surface area (Å²) in [6, 6.07) is 2.95. The fraction of sp³-hybridized carbons (Fsp3) is 0.562. The second-order valence-electron chi connectivity index (χ2n) is 6.74. The Morgan fingerprint density at radius 2 is 2.08 bits per heavy atom. The Hall–Kier alpha value is -1.67. The summed E-state index contributed by atoms with van der Waals surface area (Å²) < 4.78 is 6.06. The molecular weight excluding hydrogens is 378 g/mol. The van der Waals surface area contributed by atoms with E-state index < -0.39 is 23.7 Å². The maximum absolute atomic E-state index is 12.2. The number of nitrogens with zero attached hydrogens (tertiary/aromatic N) is 3.